The molecule has 1 heterocycles. The Kier molecular flexibility index (Phi) is 2.82. The van der Waals surface area contributed by atoms with Gasteiger partial charge in [0.05, 0.1) is 19.3 Å². The quantitative estimate of drug-likeness (QED) is 0.668. The van der Waals surface area contributed by atoms with E-state index in [0.717, 1.165) is 19.3 Å². The highest BCUT2D eigenvalue weighted by atomic mass is 16.7. The maximum Gasteiger partial charge on any atom is 0.183 e. The van der Waals surface area contributed by atoms with E-state index in [1.807, 2.05) is 0 Å². The Morgan fingerprint density at radius 3 is 2.27 bits per heavy atom. The van der Waals surface area contributed by atoms with Crippen LogP contribution in [0.15, 0.2) is 0 Å². The van der Waals surface area contributed by atoms with Gasteiger partial charge in [0, 0.05) is 6.42 Å². The van der Waals surface area contributed by atoms with Crippen LogP contribution in [0.3, 0.4) is 0 Å². The van der Waals surface area contributed by atoms with E-state index in [1.165, 1.54) is 0 Å². The van der Waals surface area contributed by atoms with Gasteiger partial charge in [-0.25, -0.2) is 0 Å². The molecule has 15 heavy (non-hydrogen) atoms. The molecule has 1 spiro atoms. The minimum atomic E-state index is -0.443. The van der Waals surface area contributed by atoms with Crippen LogP contribution < -0.4 is 5.73 Å². The van der Waals surface area contributed by atoms with Crippen molar-refractivity contribution in [1.29, 1.82) is 0 Å². The van der Waals surface area contributed by atoms with Crippen molar-refractivity contribution in [3.63, 3.8) is 0 Å². The molecule has 0 unspecified atom stereocenters. The Hall–Kier alpha value is -0.120. The number of hydrogen-bond acceptors (Lipinski definition) is 3. The molecule has 3 heteroatoms. The molecule has 88 valence electrons. The maximum absolute atomic E-state index is 6.21. The van der Waals surface area contributed by atoms with Gasteiger partial charge >= 0.3 is 0 Å². The summed E-state index contributed by atoms with van der Waals surface area (Å²) >= 11 is 0. The Morgan fingerprint density at radius 2 is 1.80 bits per heavy atom. The van der Waals surface area contributed by atoms with Gasteiger partial charge in [-0.1, -0.05) is 20.8 Å². The third-order valence-corrected chi connectivity index (χ3v) is 3.95. The number of rotatable bonds is 0. The second-order valence-corrected chi connectivity index (χ2v) is 5.95. The third kappa shape index (κ3) is 2.05. The van der Waals surface area contributed by atoms with Crippen LogP contribution in [0.2, 0.25) is 0 Å². The molecule has 0 radical (unpaired) electrons. The summed E-state index contributed by atoms with van der Waals surface area (Å²) in [6, 6.07) is 0.0398. The van der Waals surface area contributed by atoms with Crippen molar-refractivity contribution < 1.29 is 9.47 Å². The molecule has 1 aliphatic heterocycles. The van der Waals surface area contributed by atoms with Gasteiger partial charge in [-0.2, -0.15) is 0 Å². The normalized spacial score (nSPS) is 36.0. The molecular weight excluding hydrogens is 190 g/mol. The summed E-state index contributed by atoms with van der Waals surface area (Å²) in [5.74, 6) is 0.243. The van der Waals surface area contributed by atoms with Crippen LogP contribution in [-0.2, 0) is 9.47 Å². The standard InChI is InChI=1S/C12H23NO2/c1-11(2,3)9-4-5-12(10(13)8-9)14-6-7-15-12/h9-10H,4-8,13H2,1-3H3/t9-,10-/m0/s1. The van der Waals surface area contributed by atoms with Crippen molar-refractivity contribution >= 4 is 0 Å². The monoisotopic (exact) mass is 213 g/mol. The van der Waals surface area contributed by atoms with Crippen molar-refractivity contribution in [2.45, 2.75) is 51.9 Å². The van der Waals surface area contributed by atoms with E-state index in [0.29, 0.717) is 24.5 Å². The third-order valence-electron chi connectivity index (χ3n) is 3.95. The first kappa shape index (κ1) is 11.4. The number of nitrogens with two attached hydrogens (primary N) is 1. The van der Waals surface area contributed by atoms with Gasteiger partial charge in [0.15, 0.2) is 5.79 Å². The second-order valence-electron chi connectivity index (χ2n) is 5.95. The minimum Gasteiger partial charge on any atom is -0.346 e. The van der Waals surface area contributed by atoms with Crippen LogP contribution in [0.25, 0.3) is 0 Å². The molecule has 0 amide bonds. The van der Waals surface area contributed by atoms with Gasteiger partial charge in [0.2, 0.25) is 0 Å². The molecule has 0 aromatic carbocycles. The molecule has 0 aromatic heterocycles. The van der Waals surface area contributed by atoms with E-state index in [2.05, 4.69) is 20.8 Å². The van der Waals surface area contributed by atoms with Gasteiger partial charge < -0.3 is 15.2 Å². The molecule has 3 nitrogen and oxygen atoms in total. The molecule has 2 fully saturated rings. The van der Waals surface area contributed by atoms with Crippen LogP contribution in [0, 0.1) is 11.3 Å². The maximum atomic E-state index is 6.21. The minimum absolute atomic E-state index is 0.0398. The first-order valence-electron chi connectivity index (χ1n) is 5.97. The lowest BCUT2D eigenvalue weighted by Gasteiger charge is -2.44. The predicted octanol–water partition coefficient (Wildman–Crippen LogP) is 1.90. The van der Waals surface area contributed by atoms with Crippen molar-refractivity contribution in [3.8, 4) is 0 Å². The lowest BCUT2D eigenvalue weighted by Crippen LogP contribution is -2.54. The Balaban J connectivity index is 2.03. The smallest absolute Gasteiger partial charge is 0.183 e. The molecular formula is C12H23NO2. The number of hydrogen-bond donors (Lipinski definition) is 1. The predicted molar refractivity (Wildman–Crippen MR) is 59.4 cm³/mol. The van der Waals surface area contributed by atoms with E-state index in [9.17, 15) is 0 Å². The lowest BCUT2D eigenvalue weighted by molar-refractivity contribution is -0.198. The molecule has 1 aliphatic carbocycles. The van der Waals surface area contributed by atoms with E-state index in [4.69, 9.17) is 15.2 Å². The van der Waals surface area contributed by atoms with Crippen LogP contribution in [0.4, 0.5) is 0 Å². The summed E-state index contributed by atoms with van der Waals surface area (Å²) in [6.45, 7) is 8.28. The Bertz CT molecular complexity index is 228. The van der Waals surface area contributed by atoms with Crippen LogP contribution >= 0.6 is 0 Å². The SMILES string of the molecule is CC(C)(C)[C@H]1CCC2(OCCO2)[C@@H](N)C1. The van der Waals surface area contributed by atoms with Crippen molar-refractivity contribution in [2.75, 3.05) is 13.2 Å². The fourth-order valence-corrected chi connectivity index (χ4v) is 2.78. The number of ether oxygens (including phenoxy) is 2. The summed E-state index contributed by atoms with van der Waals surface area (Å²) in [4.78, 5) is 0. The second kappa shape index (κ2) is 3.72. The molecule has 1 saturated heterocycles. The highest BCUT2D eigenvalue weighted by molar-refractivity contribution is 4.95. The average molecular weight is 213 g/mol. The Labute approximate surface area is 92.3 Å². The molecule has 2 atom stereocenters. The first-order valence-corrected chi connectivity index (χ1v) is 5.97. The molecule has 2 rings (SSSR count). The molecule has 2 N–H and O–H groups in total. The van der Waals surface area contributed by atoms with E-state index < -0.39 is 5.79 Å². The van der Waals surface area contributed by atoms with E-state index in [-0.39, 0.29) is 6.04 Å². The van der Waals surface area contributed by atoms with Gasteiger partial charge in [-0.3, -0.25) is 0 Å². The molecule has 2 aliphatic rings. The fraction of sp³-hybridized carbons (Fsp3) is 1.00. The zero-order chi connectivity index (χ0) is 11.1. The van der Waals surface area contributed by atoms with Crippen molar-refractivity contribution in [1.82, 2.24) is 0 Å². The largest absolute Gasteiger partial charge is 0.346 e. The van der Waals surface area contributed by atoms with Crippen LogP contribution in [0.5, 0.6) is 0 Å². The zero-order valence-corrected chi connectivity index (χ0v) is 10.1. The summed E-state index contributed by atoms with van der Waals surface area (Å²) in [7, 11) is 0. The summed E-state index contributed by atoms with van der Waals surface area (Å²) < 4.78 is 11.4. The van der Waals surface area contributed by atoms with Gasteiger partial charge in [-0.15, -0.1) is 0 Å². The van der Waals surface area contributed by atoms with Crippen LogP contribution in [-0.4, -0.2) is 25.0 Å². The average Bonchev–Trinajstić information content (AvgIpc) is 2.58. The molecule has 0 bridgehead atoms. The molecule has 1 saturated carbocycles. The summed E-state index contributed by atoms with van der Waals surface area (Å²) in [6.07, 6.45) is 3.14. The van der Waals surface area contributed by atoms with E-state index >= 15 is 0 Å². The Morgan fingerprint density at radius 1 is 1.20 bits per heavy atom. The van der Waals surface area contributed by atoms with Crippen molar-refractivity contribution in [3.05, 3.63) is 0 Å². The fourth-order valence-electron chi connectivity index (χ4n) is 2.78. The van der Waals surface area contributed by atoms with Crippen molar-refractivity contribution in [2.24, 2.45) is 17.1 Å². The summed E-state index contributed by atoms with van der Waals surface area (Å²) in [5, 5.41) is 0. The summed E-state index contributed by atoms with van der Waals surface area (Å²) in [5.41, 5.74) is 6.56. The van der Waals surface area contributed by atoms with E-state index in [1.54, 1.807) is 0 Å². The zero-order valence-electron chi connectivity index (χ0n) is 10.1. The van der Waals surface area contributed by atoms with Gasteiger partial charge in [0.1, 0.15) is 0 Å². The highest BCUT2D eigenvalue weighted by Gasteiger charge is 2.48. The van der Waals surface area contributed by atoms with Gasteiger partial charge in [-0.05, 0) is 24.2 Å². The molecule has 0 aromatic rings. The topological polar surface area (TPSA) is 44.5 Å². The lowest BCUT2D eigenvalue weighted by atomic mass is 9.69. The highest BCUT2D eigenvalue weighted by Crippen LogP contribution is 2.43. The first-order chi connectivity index (χ1) is 6.94. The van der Waals surface area contributed by atoms with Gasteiger partial charge in [0.25, 0.3) is 0 Å². The van der Waals surface area contributed by atoms with Crippen LogP contribution in [0.1, 0.15) is 40.0 Å².